The predicted octanol–water partition coefficient (Wildman–Crippen LogP) is 0.326. The number of rotatable bonds is 7. The molecule has 118 valence electrons. The lowest BCUT2D eigenvalue weighted by Crippen LogP contribution is -2.24. The number of anilines is 3. The summed E-state index contributed by atoms with van der Waals surface area (Å²) in [6, 6.07) is 0. The average molecular weight is 313 g/mol. The van der Waals surface area contributed by atoms with E-state index in [1.54, 1.807) is 6.26 Å². The third kappa shape index (κ3) is 4.50. The first-order valence-corrected chi connectivity index (χ1v) is 8.76. The lowest BCUT2D eigenvalue weighted by molar-refractivity contribution is 0.672. The van der Waals surface area contributed by atoms with Gasteiger partial charge in [-0.15, -0.1) is 0 Å². The molecule has 1 aromatic rings. The van der Waals surface area contributed by atoms with Crippen LogP contribution in [0, 0.1) is 0 Å². The van der Waals surface area contributed by atoms with Gasteiger partial charge in [-0.25, -0.2) is 5.84 Å². The van der Waals surface area contributed by atoms with Crippen LogP contribution in [0.4, 0.5) is 17.8 Å². The Morgan fingerprint density at radius 2 is 1.95 bits per heavy atom. The van der Waals surface area contributed by atoms with Crippen molar-refractivity contribution in [1.29, 1.82) is 0 Å². The summed E-state index contributed by atoms with van der Waals surface area (Å²) in [7, 11) is -0.814. The molecule has 0 bridgehead atoms. The Kier molecular flexibility index (Phi) is 5.68. The fourth-order valence-electron chi connectivity index (χ4n) is 2.12. The molecule has 2 rings (SSSR count). The van der Waals surface area contributed by atoms with Gasteiger partial charge in [0.25, 0.3) is 0 Å². The first-order valence-electron chi connectivity index (χ1n) is 7.14. The Bertz CT molecular complexity index is 492. The second-order valence-corrected chi connectivity index (χ2v) is 6.95. The van der Waals surface area contributed by atoms with Gasteiger partial charge in [0, 0.05) is 41.9 Å². The molecular weight excluding hydrogens is 290 g/mol. The van der Waals surface area contributed by atoms with Gasteiger partial charge in [-0.1, -0.05) is 6.92 Å². The van der Waals surface area contributed by atoms with Crippen LogP contribution in [-0.2, 0) is 10.8 Å². The molecule has 1 aliphatic rings. The summed E-state index contributed by atoms with van der Waals surface area (Å²) in [5.74, 6) is 6.90. The molecule has 2 heterocycles. The molecule has 0 aromatic carbocycles. The fraction of sp³-hybridized carbons (Fsp3) is 0.750. The zero-order valence-electron chi connectivity index (χ0n) is 12.5. The highest BCUT2D eigenvalue weighted by Crippen LogP contribution is 2.18. The summed E-state index contributed by atoms with van der Waals surface area (Å²) in [6.07, 6.45) is 4.81. The maximum absolute atomic E-state index is 11.3. The molecule has 1 fully saturated rings. The number of hydrogen-bond donors (Lipinski definition) is 3. The number of nitrogen functional groups attached to an aromatic ring is 1. The Labute approximate surface area is 127 Å². The van der Waals surface area contributed by atoms with Crippen LogP contribution in [0.25, 0.3) is 0 Å². The zero-order valence-corrected chi connectivity index (χ0v) is 13.3. The second-order valence-electron chi connectivity index (χ2n) is 5.15. The highest BCUT2D eigenvalue weighted by molar-refractivity contribution is 7.84. The van der Waals surface area contributed by atoms with Gasteiger partial charge >= 0.3 is 0 Å². The van der Waals surface area contributed by atoms with Crippen LogP contribution in [0.5, 0.6) is 0 Å². The van der Waals surface area contributed by atoms with E-state index in [4.69, 9.17) is 5.84 Å². The van der Waals surface area contributed by atoms with Crippen molar-refractivity contribution in [2.45, 2.75) is 31.4 Å². The SMILES string of the molecule is CC(CCNc1nc(NN)nc(N2CCCC2)n1)S(C)=O. The van der Waals surface area contributed by atoms with Crippen LogP contribution < -0.4 is 21.5 Å². The number of hydrazine groups is 1. The molecule has 21 heavy (non-hydrogen) atoms. The highest BCUT2D eigenvalue weighted by atomic mass is 32.2. The minimum absolute atomic E-state index is 0.143. The van der Waals surface area contributed by atoms with Gasteiger partial charge in [0.15, 0.2) is 0 Å². The van der Waals surface area contributed by atoms with Crippen LogP contribution in [-0.4, -0.2) is 50.3 Å². The molecule has 2 unspecified atom stereocenters. The van der Waals surface area contributed by atoms with Gasteiger partial charge in [-0.05, 0) is 19.3 Å². The van der Waals surface area contributed by atoms with Gasteiger partial charge < -0.3 is 10.2 Å². The molecule has 0 spiro atoms. The van der Waals surface area contributed by atoms with E-state index in [9.17, 15) is 4.21 Å². The minimum Gasteiger partial charge on any atom is -0.354 e. The smallest absolute Gasteiger partial charge is 0.243 e. The molecule has 1 aliphatic heterocycles. The standard InChI is InChI=1S/C12H23N7OS/c1-9(21(2)20)5-6-14-10-15-11(18-13)17-12(16-10)19-7-3-4-8-19/h9H,3-8,13H2,1-2H3,(H2,14,15,16,17,18). The number of aromatic nitrogens is 3. The third-order valence-electron chi connectivity index (χ3n) is 3.54. The van der Waals surface area contributed by atoms with E-state index in [1.807, 2.05) is 6.92 Å². The number of hydrogen-bond acceptors (Lipinski definition) is 8. The van der Waals surface area contributed by atoms with E-state index in [0.29, 0.717) is 24.4 Å². The molecule has 8 nitrogen and oxygen atoms in total. The molecule has 2 atom stereocenters. The quantitative estimate of drug-likeness (QED) is 0.488. The number of nitrogens with zero attached hydrogens (tertiary/aromatic N) is 4. The van der Waals surface area contributed by atoms with Crippen molar-refractivity contribution in [3.8, 4) is 0 Å². The van der Waals surface area contributed by atoms with Crippen LogP contribution in [0.1, 0.15) is 26.2 Å². The van der Waals surface area contributed by atoms with Crippen molar-refractivity contribution in [3.05, 3.63) is 0 Å². The minimum atomic E-state index is -0.814. The first kappa shape index (κ1) is 15.9. The van der Waals surface area contributed by atoms with Gasteiger partial charge in [-0.3, -0.25) is 9.63 Å². The molecule has 0 amide bonds. The fourth-order valence-corrected chi connectivity index (χ4v) is 2.57. The topological polar surface area (TPSA) is 109 Å². The molecule has 1 saturated heterocycles. The highest BCUT2D eigenvalue weighted by Gasteiger charge is 2.17. The van der Waals surface area contributed by atoms with E-state index in [1.165, 1.54) is 0 Å². The molecule has 1 aromatic heterocycles. The van der Waals surface area contributed by atoms with E-state index >= 15 is 0 Å². The van der Waals surface area contributed by atoms with E-state index in [0.717, 1.165) is 32.4 Å². The average Bonchev–Trinajstić information content (AvgIpc) is 3.01. The molecule has 4 N–H and O–H groups in total. The van der Waals surface area contributed by atoms with Crippen LogP contribution in [0.2, 0.25) is 0 Å². The van der Waals surface area contributed by atoms with E-state index in [-0.39, 0.29) is 5.25 Å². The van der Waals surface area contributed by atoms with E-state index in [2.05, 4.69) is 30.6 Å². The monoisotopic (exact) mass is 313 g/mol. The summed E-state index contributed by atoms with van der Waals surface area (Å²) in [4.78, 5) is 15.0. The largest absolute Gasteiger partial charge is 0.354 e. The predicted molar refractivity (Wildman–Crippen MR) is 85.7 cm³/mol. The van der Waals surface area contributed by atoms with Crippen LogP contribution >= 0.6 is 0 Å². The number of nitrogens with one attached hydrogen (secondary N) is 2. The van der Waals surface area contributed by atoms with Gasteiger partial charge in [-0.2, -0.15) is 15.0 Å². The van der Waals surface area contributed by atoms with Crippen molar-refractivity contribution in [3.63, 3.8) is 0 Å². The van der Waals surface area contributed by atoms with Crippen molar-refractivity contribution < 1.29 is 4.21 Å². The molecule has 0 radical (unpaired) electrons. The second kappa shape index (κ2) is 7.51. The normalized spacial score (nSPS) is 17.6. The molecule has 9 heteroatoms. The van der Waals surface area contributed by atoms with Crippen molar-refractivity contribution in [1.82, 2.24) is 15.0 Å². The Hall–Kier alpha value is -1.48. The summed E-state index contributed by atoms with van der Waals surface area (Å²) in [6.45, 7) is 4.54. The molecule has 0 aliphatic carbocycles. The van der Waals surface area contributed by atoms with Crippen molar-refractivity contribution >= 4 is 28.6 Å². The Balaban J connectivity index is 2.01. The Morgan fingerprint density at radius 1 is 1.29 bits per heavy atom. The summed E-state index contributed by atoms with van der Waals surface area (Å²) < 4.78 is 11.3. The van der Waals surface area contributed by atoms with Gasteiger partial charge in [0.2, 0.25) is 17.8 Å². The Morgan fingerprint density at radius 3 is 2.57 bits per heavy atom. The molecular formula is C12H23N7OS. The number of nitrogens with two attached hydrogens (primary N) is 1. The first-order chi connectivity index (χ1) is 10.1. The lowest BCUT2D eigenvalue weighted by atomic mass is 10.3. The van der Waals surface area contributed by atoms with Gasteiger partial charge in [0.1, 0.15) is 0 Å². The maximum Gasteiger partial charge on any atom is 0.243 e. The third-order valence-corrected chi connectivity index (χ3v) is 4.91. The molecule has 0 saturated carbocycles. The van der Waals surface area contributed by atoms with Crippen LogP contribution in [0.15, 0.2) is 0 Å². The zero-order chi connectivity index (χ0) is 15.2. The maximum atomic E-state index is 11.3. The van der Waals surface area contributed by atoms with Gasteiger partial charge in [0.05, 0.1) is 0 Å². The van der Waals surface area contributed by atoms with E-state index < -0.39 is 10.8 Å². The van der Waals surface area contributed by atoms with Crippen molar-refractivity contribution in [2.24, 2.45) is 5.84 Å². The van der Waals surface area contributed by atoms with Crippen molar-refractivity contribution in [2.75, 3.05) is 41.5 Å². The summed E-state index contributed by atoms with van der Waals surface area (Å²) >= 11 is 0. The summed E-state index contributed by atoms with van der Waals surface area (Å²) in [5.41, 5.74) is 2.47. The summed E-state index contributed by atoms with van der Waals surface area (Å²) in [5, 5.41) is 3.29. The van der Waals surface area contributed by atoms with Crippen LogP contribution in [0.3, 0.4) is 0 Å². The lowest BCUT2D eigenvalue weighted by Gasteiger charge is -2.17.